The minimum absolute atomic E-state index is 0.00565. The molecule has 3 amide bonds. The van der Waals surface area contributed by atoms with Crippen molar-refractivity contribution in [2.45, 2.75) is 97.6 Å². The van der Waals surface area contributed by atoms with Gasteiger partial charge in [-0.15, -0.1) is 11.3 Å². The van der Waals surface area contributed by atoms with Crippen molar-refractivity contribution in [1.29, 1.82) is 0 Å². The van der Waals surface area contributed by atoms with Crippen LogP contribution in [-0.2, 0) is 35.0 Å². The maximum absolute atomic E-state index is 13.5. The first-order valence-corrected chi connectivity index (χ1v) is 18.7. The number of anilines is 2. The predicted molar refractivity (Wildman–Crippen MR) is 191 cm³/mol. The van der Waals surface area contributed by atoms with Gasteiger partial charge in [-0.3, -0.25) is 14.4 Å². The molecule has 2 aromatic rings. The Kier molecular flexibility index (Phi) is 15.2. The fourth-order valence-corrected chi connectivity index (χ4v) is 7.08. The van der Waals surface area contributed by atoms with Crippen LogP contribution in [0.1, 0.15) is 84.8 Å². The van der Waals surface area contributed by atoms with Crippen LogP contribution >= 0.6 is 11.3 Å². The number of hydrogen-bond donors (Lipinski definition) is 3. The van der Waals surface area contributed by atoms with E-state index in [4.69, 9.17) is 19.2 Å². The Morgan fingerprint density at radius 2 is 1.71 bits per heavy atom. The average molecular weight is 701 g/mol. The highest BCUT2D eigenvalue weighted by molar-refractivity contribution is 7.13. The summed E-state index contributed by atoms with van der Waals surface area (Å²) in [5, 5.41) is 12.0. The Hall–Kier alpha value is -3.13. The second-order valence-electron chi connectivity index (χ2n) is 14.2. The molecule has 49 heavy (non-hydrogen) atoms. The third-order valence-corrected chi connectivity index (χ3v) is 9.98. The predicted octanol–water partition coefficient (Wildman–Crippen LogP) is 4.87. The molecular formula is C36H56N6O6S. The topological polar surface area (TPSA) is 144 Å². The van der Waals surface area contributed by atoms with E-state index in [1.54, 1.807) is 6.20 Å². The molecule has 0 radical (unpaired) electrons. The van der Waals surface area contributed by atoms with Gasteiger partial charge in [-0.05, 0) is 50.2 Å². The summed E-state index contributed by atoms with van der Waals surface area (Å²) in [5.41, 5.74) is 0.0422. The molecule has 1 aliphatic carbocycles. The largest absolute Gasteiger partial charge is 0.379 e. The van der Waals surface area contributed by atoms with Gasteiger partial charge in [0, 0.05) is 49.2 Å². The van der Waals surface area contributed by atoms with E-state index < -0.39 is 11.5 Å². The van der Waals surface area contributed by atoms with E-state index in [1.807, 2.05) is 49.3 Å². The molecular weight excluding hydrogens is 644 g/mol. The van der Waals surface area contributed by atoms with Gasteiger partial charge >= 0.3 is 0 Å². The van der Waals surface area contributed by atoms with Crippen molar-refractivity contribution in [2.24, 2.45) is 10.8 Å². The summed E-state index contributed by atoms with van der Waals surface area (Å²) in [6.45, 7) is 11.4. The van der Waals surface area contributed by atoms with Crippen LogP contribution in [0.5, 0.6) is 0 Å². The summed E-state index contributed by atoms with van der Waals surface area (Å²) < 4.78 is 16.9. The summed E-state index contributed by atoms with van der Waals surface area (Å²) in [5.74, 6) is 0.602. The molecule has 12 nitrogen and oxygen atoms in total. The quantitative estimate of drug-likeness (QED) is 0.175. The van der Waals surface area contributed by atoms with Crippen LogP contribution in [0.25, 0.3) is 0 Å². The van der Waals surface area contributed by atoms with Crippen LogP contribution in [0.15, 0.2) is 29.8 Å². The smallest absolute Gasteiger partial charge is 0.245 e. The van der Waals surface area contributed by atoms with Crippen molar-refractivity contribution in [3.8, 4) is 0 Å². The number of nitrogens with one attached hydrogen (secondary N) is 3. The third kappa shape index (κ3) is 12.3. The summed E-state index contributed by atoms with van der Waals surface area (Å²) in [6.07, 6.45) is 9.45. The molecule has 1 saturated heterocycles. The monoisotopic (exact) mass is 700 g/mol. The maximum Gasteiger partial charge on any atom is 0.245 e. The van der Waals surface area contributed by atoms with E-state index in [1.165, 1.54) is 11.3 Å². The molecule has 2 atom stereocenters. The number of pyridine rings is 1. The maximum atomic E-state index is 13.5. The normalized spacial score (nSPS) is 18.2. The molecule has 1 aliphatic heterocycles. The van der Waals surface area contributed by atoms with E-state index >= 15 is 0 Å². The lowest BCUT2D eigenvalue weighted by Crippen LogP contribution is -2.55. The molecule has 13 heteroatoms. The average Bonchev–Trinajstić information content (AvgIpc) is 3.75. The lowest BCUT2D eigenvalue weighted by atomic mass is 9.70. The zero-order valence-electron chi connectivity index (χ0n) is 29.8. The van der Waals surface area contributed by atoms with Gasteiger partial charge in [0.1, 0.15) is 11.9 Å². The van der Waals surface area contributed by atoms with Gasteiger partial charge in [0.15, 0.2) is 5.13 Å². The number of aromatic nitrogens is 2. The van der Waals surface area contributed by atoms with Gasteiger partial charge in [0.05, 0.1) is 45.1 Å². The number of rotatable bonds is 19. The van der Waals surface area contributed by atoms with Crippen LogP contribution in [0, 0.1) is 10.8 Å². The van der Waals surface area contributed by atoms with Gasteiger partial charge in [-0.2, -0.15) is 0 Å². The van der Waals surface area contributed by atoms with Crippen LogP contribution in [-0.4, -0.2) is 97.4 Å². The first-order valence-electron chi connectivity index (χ1n) is 17.8. The third-order valence-electron chi connectivity index (χ3n) is 9.29. The van der Waals surface area contributed by atoms with Crippen molar-refractivity contribution < 1.29 is 28.6 Å². The van der Waals surface area contributed by atoms with Gasteiger partial charge in [-0.25, -0.2) is 9.97 Å². The lowest BCUT2D eigenvalue weighted by molar-refractivity contribution is -0.140. The van der Waals surface area contributed by atoms with E-state index in [0.29, 0.717) is 46.0 Å². The fourth-order valence-electron chi connectivity index (χ4n) is 6.54. The highest BCUT2D eigenvalue weighted by Crippen LogP contribution is 2.39. The molecule has 3 heterocycles. The van der Waals surface area contributed by atoms with E-state index in [0.717, 1.165) is 68.1 Å². The number of ether oxygens (including phenoxy) is 3. The molecule has 1 saturated carbocycles. The highest BCUT2D eigenvalue weighted by Gasteiger charge is 2.40. The molecule has 272 valence electrons. The molecule has 0 spiro atoms. The number of amides is 3. The van der Waals surface area contributed by atoms with Gasteiger partial charge in [-0.1, -0.05) is 46.1 Å². The minimum atomic E-state index is -0.566. The molecule has 0 aromatic carbocycles. The van der Waals surface area contributed by atoms with Crippen LogP contribution in [0.4, 0.5) is 10.9 Å². The van der Waals surface area contributed by atoms with Crippen molar-refractivity contribution >= 4 is 40.0 Å². The van der Waals surface area contributed by atoms with Gasteiger partial charge in [0.2, 0.25) is 17.7 Å². The minimum Gasteiger partial charge on any atom is -0.379 e. The molecule has 2 unspecified atom stereocenters. The lowest BCUT2D eigenvalue weighted by Gasteiger charge is -2.35. The standard InChI is InChI=1S/C36H56N6O6S/c1-27-10-9-18-42(27)32(44)31(35(2,3)4)41-30(43)13-19-46-21-23-48-24-22-47-20-16-37-33(45)36(14-6-5-7-15-36)26-28-11-8-12-29(39-28)40-34-38-17-25-49-34/h8,11-12,17,25,27,31H,5-7,9-10,13-16,18-24,26H2,1-4H3,(H,37,45)(H,41,43)(H,38,39,40). The zero-order valence-corrected chi connectivity index (χ0v) is 30.6. The highest BCUT2D eigenvalue weighted by atomic mass is 32.1. The Bertz CT molecular complexity index is 1310. The number of nitrogens with zero attached hydrogens (tertiary/aromatic N) is 3. The Balaban J connectivity index is 1.05. The number of hydrogen-bond acceptors (Lipinski definition) is 10. The molecule has 0 bridgehead atoms. The van der Waals surface area contributed by atoms with Crippen molar-refractivity contribution in [3.63, 3.8) is 0 Å². The van der Waals surface area contributed by atoms with E-state index in [-0.39, 0.29) is 42.2 Å². The molecule has 3 N–H and O–H groups in total. The van der Waals surface area contributed by atoms with E-state index in [2.05, 4.69) is 27.9 Å². The number of thiazole rings is 1. The van der Waals surface area contributed by atoms with Crippen LogP contribution < -0.4 is 16.0 Å². The molecule has 2 fully saturated rings. The van der Waals surface area contributed by atoms with Gasteiger partial charge in [0.25, 0.3) is 0 Å². The molecule has 4 rings (SSSR count). The summed E-state index contributed by atoms with van der Waals surface area (Å²) >= 11 is 1.52. The number of likely N-dealkylation sites (tertiary alicyclic amines) is 1. The van der Waals surface area contributed by atoms with Gasteiger partial charge < -0.3 is 35.1 Å². The first kappa shape index (κ1) is 38.7. The number of carbonyl (C=O) groups excluding carboxylic acids is 3. The molecule has 2 aliphatic rings. The SMILES string of the molecule is CC1CCCN1C(=O)C(NC(=O)CCOCCOCCOCCNC(=O)C1(Cc2cccc(Nc3nccs3)n2)CCCCC1)C(C)(C)C. The zero-order chi connectivity index (χ0) is 35.1. The number of carbonyl (C=O) groups is 3. The Morgan fingerprint density at radius 3 is 2.37 bits per heavy atom. The Labute approximate surface area is 295 Å². The second kappa shape index (κ2) is 19.3. The summed E-state index contributed by atoms with van der Waals surface area (Å²) in [7, 11) is 0. The Morgan fingerprint density at radius 1 is 1.00 bits per heavy atom. The van der Waals surface area contributed by atoms with Crippen molar-refractivity contribution in [1.82, 2.24) is 25.5 Å². The van der Waals surface area contributed by atoms with Crippen molar-refractivity contribution in [3.05, 3.63) is 35.5 Å². The summed E-state index contributed by atoms with van der Waals surface area (Å²) in [6, 6.07) is 5.52. The van der Waals surface area contributed by atoms with E-state index in [9.17, 15) is 14.4 Å². The van der Waals surface area contributed by atoms with Crippen LogP contribution in [0.2, 0.25) is 0 Å². The van der Waals surface area contributed by atoms with Crippen molar-refractivity contribution in [2.75, 3.05) is 58.0 Å². The van der Waals surface area contributed by atoms with Crippen LogP contribution in [0.3, 0.4) is 0 Å². The molecule has 2 aromatic heterocycles. The summed E-state index contributed by atoms with van der Waals surface area (Å²) in [4.78, 5) is 50.1. The fraction of sp³-hybridized carbons (Fsp3) is 0.694. The second-order valence-corrected chi connectivity index (χ2v) is 15.1. The first-order chi connectivity index (χ1) is 23.6.